The highest BCUT2D eigenvalue weighted by molar-refractivity contribution is 7.15. The second-order valence-electron chi connectivity index (χ2n) is 4.34. The van der Waals surface area contributed by atoms with Crippen molar-refractivity contribution in [1.82, 2.24) is 19.9 Å². The Hall–Kier alpha value is -1.40. The third-order valence-electron chi connectivity index (χ3n) is 3.08. The van der Waals surface area contributed by atoms with Crippen LogP contribution in [0, 0.1) is 0 Å². The van der Waals surface area contributed by atoms with Crippen LogP contribution in [-0.4, -0.2) is 27.6 Å². The van der Waals surface area contributed by atoms with Crippen molar-refractivity contribution in [3.8, 4) is 0 Å². The van der Waals surface area contributed by atoms with Crippen LogP contribution in [0.5, 0.6) is 0 Å². The molecule has 2 heterocycles. The van der Waals surface area contributed by atoms with Gasteiger partial charge in [-0.1, -0.05) is 0 Å². The van der Waals surface area contributed by atoms with Gasteiger partial charge in [0.15, 0.2) is 5.13 Å². The summed E-state index contributed by atoms with van der Waals surface area (Å²) in [5.41, 5.74) is 0. The van der Waals surface area contributed by atoms with Crippen molar-refractivity contribution in [2.24, 2.45) is 7.05 Å². The predicted molar refractivity (Wildman–Crippen MR) is 79.4 cm³/mol. The molecule has 2 rings (SSSR count). The number of hydrogen-bond acceptors (Lipinski definition) is 5. The molecule has 0 saturated heterocycles. The lowest BCUT2D eigenvalue weighted by molar-refractivity contribution is 0.643. The van der Waals surface area contributed by atoms with E-state index in [9.17, 15) is 0 Å². The predicted octanol–water partition coefficient (Wildman–Crippen LogP) is 2.01. The van der Waals surface area contributed by atoms with Gasteiger partial charge in [0.2, 0.25) is 0 Å². The van der Waals surface area contributed by atoms with E-state index in [1.165, 1.54) is 4.88 Å². The molecular weight excluding hydrogens is 258 g/mol. The van der Waals surface area contributed by atoms with E-state index >= 15 is 0 Å². The summed E-state index contributed by atoms with van der Waals surface area (Å²) in [4.78, 5) is 12.3. The summed E-state index contributed by atoms with van der Waals surface area (Å²) < 4.78 is 2.03. The number of nitrogens with zero attached hydrogens (tertiary/aromatic N) is 4. The Labute approximate surface area is 118 Å². The first kappa shape index (κ1) is 14.0. The molecule has 2 aromatic heterocycles. The van der Waals surface area contributed by atoms with Gasteiger partial charge in [0, 0.05) is 50.1 Å². The molecule has 0 bridgehead atoms. The van der Waals surface area contributed by atoms with Crippen LogP contribution >= 0.6 is 11.3 Å². The molecule has 0 fully saturated rings. The van der Waals surface area contributed by atoms with E-state index in [1.54, 1.807) is 11.3 Å². The van der Waals surface area contributed by atoms with Crippen molar-refractivity contribution >= 4 is 16.5 Å². The van der Waals surface area contributed by atoms with E-state index in [0.717, 1.165) is 37.1 Å². The second-order valence-corrected chi connectivity index (χ2v) is 5.43. The van der Waals surface area contributed by atoms with Crippen LogP contribution in [0.15, 0.2) is 18.6 Å². The van der Waals surface area contributed by atoms with Gasteiger partial charge < -0.3 is 14.8 Å². The van der Waals surface area contributed by atoms with Crippen LogP contribution in [0.3, 0.4) is 0 Å². The first-order valence-corrected chi connectivity index (χ1v) is 7.42. The summed E-state index contributed by atoms with van der Waals surface area (Å²) in [6.45, 7) is 7.94. The summed E-state index contributed by atoms with van der Waals surface area (Å²) in [5, 5.41) is 4.51. The topological polar surface area (TPSA) is 46.0 Å². The van der Waals surface area contributed by atoms with Gasteiger partial charge in [-0.2, -0.15) is 0 Å². The Morgan fingerprint density at radius 3 is 2.68 bits per heavy atom. The Bertz CT molecular complexity index is 501. The minimum Gasteiger partial charge on any atom is -0.349 e. The van der Waals surface area contributed by atoms with E-state index in [-0.39, 0.29) is 0 Å². The molecule has 0 atom stereocenters. The van der Waals surface area contributed by atoms with Crippen LogP contribution in [0.1, 0.15) is 24.5 Å². The smallest absolute Gasteiger partial charge is 0.185 e. The maximum Gasteiger partial charge on any atom is 0.185 e. The second kappa shape index (κ2) is 6.68. The van der Waals surface area contributed by atoms with Gasteiger partial charge in [0.05, 0.1) is 6.54 Å². The zero-order chi connectivity index (χ0) is 13.7. The third-order valence-corrected chi connectivity index (χ3v) is 4.14. The van der Waals surface area contributed by atoms with Crippen LogP contribution < -0.4 is 10.2 Å². The number of thiazole rings is 1. The maximum atomic E-state index is 4.48. The number of imidazole rings is 1. The highest BCUT2D eigenvalue weighted by Crippen LogP contribution is 2.21. The quantitative estimate of drug-likeness (QED) is 0.842. The molecule has 5 nitrogen and oxygen atoms in total. The molecule has 0 spiro atoms. The fraction of sp³-hybridized carbons (Fsp3) is 0.538. The highest BCUT2D eigenvalue weighted by atomic mass is 32.1. The molecule has 0 radical (unpaired) electrons. The Morgan fingerprint density at radius 1 is 1.26 bits per heavy atom. The maximum absolute atomic E-state index is 4.48. The summed E-state index contributed by atoms with van der Waals surface area (Å²) in [5.74, 6) is 1.05. The van der Waals surface area contributed by atoms with Gasteiger partial charge in [-0.05, 0) is 13.8 Å². The normalized spacial score (nSPS) is 10.9. The molecule has 0 aromatic carbocycles. The molecule has 0 saturated carbocycles. The van der Waals surface area contributed by atoms with E-state index in [1.807, 2.05) is 30.2 Å². The van der Waals surface area contributed by atoms with E-state index in [0.29, 0.717) is 0 Å². The fourth-order valence-corrected chi connectivity index (χ4v) is 2.89. The van der Waals surface area contributed by atoms with E-state index in [4.69, 9.17) is 0 Å². The van der Waals surface area contributed by atoms with Gasteiger partial charge in [-0.25, -0.2) is 9.97 Å². The lowest BCUT2D eigenvalue weighted by Crippen LogP contribution is -2.21. The average Bonchev–Trinajstić information content (AvgIpc) is 3.02. The lowest BCUT2D eigenvalue weighted by atomic mass is 10.5. The molecule has 104 valence electrons. The van der Waals surface area contributed by atoms with Gasteiger partial charge in [0.25, 0.3) is 0 Å². The first-order valence-electron chi connectivity index (χ1n) is 6.61. The first-order chi connectivity index (χ1) is 9.24. The summed E-state index contributed by atoms with van der Waals surface area (Å²) >= 11 is 1.76. The van der Waals surface area contributed by atoms with Crippen LogP contribution in [0.2, 0.25) is 0 Å². The Kier molecular flexibility index (Phi) is 4.93. The van der Waals surface area contributed by atoms with Crippen molar-refractivity contribution in [2.45, 2.75) is 26.9 Å². The molecular formula is C13H21N5S. The van der Waals surface area contributed by atoms with E-state index < -0.39 is 0 Å². The SMILES string of the molecule is CCN(CC)c1ncc(CNCc2nccn2C)s1. The van der Waals surface area contributed by atoms with E-state index in [2.05, 4.69) is 34.0 Å². The molecule has 1 N–H and O–H groups in total. The minimum atomic E-state index is 0.780. The van der Waals surface area contributed by atoms with Crippen LogP contribution in [-0.2, 0) is 20.1 Å². The van der Waals surface area contributed by atoms with Gasteiger partial charge in [-0.3, -0.25) is 0 Å². The Balaban J connectivity index is 1.85. The molecule has 19 heavy (non-hydrogen) atoms. The van der Waals surface area contributed by atoms with Crippen LogP contribution in [0.25, 0.3) is 0 Å². The number of rotatable bonds is 7. The minimum absolute atomic E-state index is 0.780. The molecule has 0 amide bonds. The van der Waals surface area contributed by atoms with Crippen LogP contribution in [0.4, 0.5) is 5.13 Å². The molecule has 0 aliphatic rings. The zero-order valence-corrected chi connectivity index (χ0v) is 12.6. The number of aryl methyl sites for hydroxylation is 1. The van der Waals surface area contributed by atoms with Gasteiger partial charge >= 0.3 is 0 Å². The lowest BCUT2D eigenvalue weighted by Gasteiger charge is -2.16. The fourth-order valence-electron chi connectivity index (χ4n) is 1.88. The summed E-state index contributed by atoms with van der Waals surface area (Å²) in [6, 6.07) is 0. The molecule has 0 aliphatic heterocycles. The summed E-state index contributed by atoms with van der Waals surface area (Å²) in [6.07, 6.45) is 5.74. The van der Waals surface area contributed by atoms with Gasteiger partial charge in [0.1, 0.15) is 5.82 Å². The molecule has 0 unspecified atom stereocenters. The highest BCUT2D eigenvalue weighted by Gasteiger charge is 2.07. The largest absolute Gasteiger partial charge is 0.349 e. The standard InChI is InChI=1S/C13H21N5S/c1-4-18(5-2)13-16-9-11(19-13)8-14-10-12-15-6-7-17(12)3/h6-7,9,14H,4-5,8,10H2,1-3H3. The average molecular weight is 279 g/mol. The number of nitrogens with one attached hydrogen (secondary N) is 1. The zero-order valence-electron chi connectivity index (χ0n) is 11.8. The monoisotopic (exact) mass is 279 g/mol. The van der Waals surface area contributed by atoms with Crippen molar-refractivity contribution in [1.29, 1.82) is 0 Å². The molecule has 6 heteroatoms. The number of anilines is 1. The van der Waals surface area contributed by atoms with Gasteiger partial charge in [-0.15, -0.1) is 11.3 Å². The number of hydrogen-bond donors (Lipinski definition) is 1. The Morgan fingerprint density at radius 2 is 2.05 bits per heavy atom. The number of aromatic nitrogens is 3. The summed E-state index contributed by atoms with van der Waals surface area (Å²) in [7, 11) is 2.01. The molecule has 2 aromatic rings. The molecule has 0 aliphatic carbocycles. The third kappa shape index (κ3) is 3.54. The van der Waals surface area contributed by atoms with Crippen molar-refractivity contribution in [3.05, 3.63) is 29.3 Å². The van der Waals surface area contributed by atoms with Crippen molar-refractivity contribution in [2.75, 3.05) is 18.0 Å². The van der Waals surface area contributed by atoms with Crippen molar-refractivity contribution in [3.63, 3.8) is 0 Å². The van der Waals surface area contributed by atoms with Crippen molar-refractivity contribution < 1.29 is 0 Å².